The first-order valence-electron chi connectivity index (χ1n) is 5.17. The summed E-state index contributed by atoms with van der Waals surface area (Å²) in [7, 11) is 0. The van der Waals surface area contributed by atoms with Crippen molar-refractivity contribution in [2.75, 3.05) is 0 Å². The molecule has 0 radical (unpaired) electrons. The summed E-state index contributed by atoms with van der Waals surface area (Å²) in [5, 5.41) is 8.61. The smallest absolute Gasteiger partial charge is 0.303 e. The van der Waals surface area contributed by atoms with Crippen molar-refractivity contribution in [1.82, 2.24) is 0 Å². The van der Waals surface area contributed by atoms with E-state index in [1.54, 1.807) is 12.1 Å². The molecule has 0 saturated carbocycles. The van der Waals surface area contributed by atoms with Gasteiger partial charge in [0, 0.05) is 6.42 Å². The van der Waals surface area contributed by atoms with E-state index in [1.807, 2.05) is 0 Å². The number of aliphatic carboxylic acids is 1. The van der Waals surface area contributed by atoms with Gasteiger partial charge >= 0.3 is 5.97 Å². The van der Waals surface area contributed by atoms with Crippen LogP contribution in [0.1, 0.15) is 36.3 Å². The Labute approximate surface area is 87.7 Å². The minimum absolute atomic E-state index is 0.196. The van der Waals surface area contributed by atoms with Gasteiger partial charge in [-0.15, -0.1) is 0 Å². The second-order valence-electron chi connectivity index (χ2n) is 4.01. The predicted octanol–water partition coefficient (Wildman–Crippen LogP) is 2.72. The van der Waals surface area contributed by atoms with Crippen molar-refractivity contribution in [2.45, 2.75) is 31.6 Å². The largest absolute Gasteiger partial charge is 0.481 e. The summed E-state index contributed by atoms with van der Waals surface area (Å²) < 4.78 is 12.9. The minimum atomic E-state index is -0.759. The number of rotatable bonds is 3. The SMILES string of the molecule is O=C(O)CCC1CCc2cc(F)ccc21. The summed E-state index contributed by atoms with van der Waals surface area (Å²) >= 11 is 0. The minimum Gasteiger partial charge on any atom is -0.481 e. The molecule has 2 nitrogen and oxygen atoms in total. The zero-order valence-corrected chi connectivity index (χ0v) is 8.37. The molecule has 3 heteroatoms. The second-order valence-corrected chi connectivity index (χ2v) is 4.01. The van der Waals surface area contributed by atoms with Crippen LogP contribution in [-0.2, 0) is 11.2 Å². The lowest BCUT2D eigenvalue weighted by Gasteiger charge is -2.09. The van der Waals surface area contributed by atoms with Crippen LogP contribution in [0.25, 0.3) is 0 Å². The lowest BCUT2D eigenvalue weighted by Crippen LogP contribution is -2.00. The Kier molecular flexibility index (Phi) is 2.71. The number of aryl methyl sites for hydroxylation is 1. The maximum Gasteiger partial charge on any atom is 0.303 e. The summed E-state index contributed by atoms with van der Waals surface area (Å²) in [6.07, 6.45) is 2.68. The molecule has 0 amide bonds. The zero-order valence-electron chi connectivity index (χ0n) is 8.37. The topological polar surface area (TPSA) is 37.3 Å². The first-order valence-corrected chi connectivity index (χ1v) is 5.17. The molecule has 80 valence electrons. The van der Waals surface area contributed by atoms with Crippen LogP contribution in [0.2, 0.25) is 0 Å². The van der Waals surface area contributed by atoms with Gasteiger partial charge in [-0.2, -0.15) is 0 Å². The third kappa shape index (κ3) is 2.17. The highest BCUT2D eigenvalue weighted by atomic mass is 19.1. The third-order valence-electron chi connectivity index (χ3n) is 3.01. The maximum atomic E-state index is 12.9. The lowest BCUT2D eigenvalue weighted by atomic mass is 9.96. The van der Waals surface area contributed by atoms with E-state index in [0.29, 0.717) is 12.3 Å². The van der Waals surface area contributed by atoms with E-state index in [1.165, 1.54) is 6.07 Å². The first kappa shape index (κ1) is 10.1. The van der Waals surface area contributed by atoms with Gasteiger partial charge in [0.05, 0.1) is 0 Å². The highest BCUT2D eigenvalue weighted by Gasteiger charge is 2.22. The number of hydrogen-bond donors (Lipinski definition) is 1. The molecular weight excluding hydrogens is 195 g/mol. The molecule has 1 N–H and O–H groups in total. The van der Waals surface area contributed by atoms with Crippen LogP contribution >= 0.6 is 0 Å². The summed E-state index contributed by atoms with van der Waals surface area (Å²) in [6, 6.07) is 4.82. The Morgan fingerprint density at radius 2 is 2.33 bits per heavy atom. The van der Waals surface area contributed by atoms with Crippen molar-refractivity contribution in [3.05, 3.63) is 35.1 Å². The fourth-order valence-corrected chi connectivity index (χ4v) is 2.27. The summed E-state index contributed by atoms with van der Waals surface area (Å²) in [5.74, 6) is -0.658. The van der Waals surface area contributed by atoms with Crippen LogP contribution in [0.3, 0.4) is 0 Å². The van der Waals surface area contributed by atoms with Crippen LogP contribution < -0.4 is 0 Å². The van der Waals surface area contributed by atoms with E-state index in [0.717, 1.165) is 24.0 Å². The van der Waals surface area contributed by atoms with E-state index < -0.39 is 5.97 Å². The Bertz CT molecular complexity index is 387. The van der Waals surface area contributed by atoms with E-state index in [4.69, 9.17) is 5.11 Å². The highest BCUT2D eigenvalue weighted by Crippen LogP contribution is 2.36. The molecule has 0 heterocycles. The summed E-state index contributed by atoms with van der Waals surface area (Å²) in [4.78, 5) is 10.5. The number of carboxylic acid groups (broad SMARTS) is 1. The molecule has 1 aliphatic rings. The number of fused-ring (bicyclic) bond motifs is 1. The van der Waals surface area contributed by atoms with Crippen molar-refractivity contribution in [3.8, 4) is 0 Å². The van der Waals surface area contributed by atoms with Crippen LogP contribution in [0, 0.1) is 5.82 Å². The third-order valence-corrected chi connectivity index (χ3v) is 3.01. The quantitative estimate of drug-likeness (QED) is 0.829. The van der Waals surface area contributed by atoms with Crippen molar-refractivity contribution in [2.24, 2.45) is 0 Å². The van der Waals surface area contributed by atoms with Gasteiger partial charge in [0.25, 0.3) is 0 Å². The Morgan fingerprint density at radius 1 is 1.53 bits per heavy atom. The second kappa shape index (κ2) is 4.01. The lowest BCUT2D eigenvalue weighted by molar-refractivity contribution is -0.137. The van der Waals surface area contributed by atoms with E-state index in [-0.39, 0.29) is 12.2 Å². The molecule has 0 bridgehead atoms. The molecule has 0 aromatic heterocycles. The molecule has 1 aromatic rings. The van der Waals surface area contributed by atoms with Gasteiger partial charge in [-0.05, 0) is 48.4 Å². The summed E-state index contributed by atoms with van der Waals surface area (Å²) in [6.45, 7) is 0. The van der Waals surface area contributed by atoms with E-state index >= 15 is 0 Å². The number of carboxylic acids is 1. The molecule has 1 unspecified atom stereocenters. The molecule has 15 heavy (non-hydrogen) atoms. The molecule has 0 spiro atoms. The number of hydrogen-bond acceptors (Lipinski definition) is 1. The normalized spacial score (nSPS) is 18.9. The van der Waals surface area contributed by atoms with Crippen molar-refractivity contribution >= 4 is 5.97 Å². The molecule has 0 aliphatic heterocycles. The number of benzene rings is 1. The van der Waals surface area contributed by atoms with Gasteiger partial charge in [0.1, 0.15) is 5.82 Å². The summed E-state index contributed by atoms with van der Waals surface area (Å²) in [5.41, 5.74) is 2.18. The maximum absolute atomic E-state index is 12.9. The van der Waals surface area contributed by atoms with Gasteiger partial charge in [-0.3, -0.25) is 4.79 Å². The van der Waals surface area contributed by atoms with Gasteiger partial charge in [0.15, 0.2) is 0 Å². The first-order chi connectivity index (χ1) is 7.16. The number of halogens is 1. The fourth-order valence-electron chi connectivity index (χ4n) is 2.27. The standard InChI is InChI=1S/C12H13FO2/c13-10-4-5-11-8(3-6-12(14)15)1-2-9(11)7-10/h4-5,7-8H,1-3,6H2,(H,14,15). The molecule has 2 rings (SSSR count). The molecular formula is C12H13FO2. The molecule has 0 fully saturated rings. The Balaban J connectivity index is 2.11. The van der Waals surface area contributed by atoms with Crippen LogP contribution in [0.5, 0.6) is 0 Å². The zero-order chi connectivity index (χ0) is 10.8. The molecule has 1 aromatic carbocycles. The van der Waals surface area contributed by atoms with Gasteiger partial charge in [-0.25, -0.2) is 4.39 Å². The van der Waals surface area contributed by atoms with Crippen LogP contribution in [-0.4, -0.2) is 11.1 Å². The Morgan fingerprint density at radius 3 is 3.07 bits per heavy atom. The monoisotopic (exact) mass is 208 g/mol. The van der Waals surface area contributed by atoms with Gasteiger partial charge < -0.3 is 5.11 Å². The molecule has 1 atom stereocenters. The van der Waals surface area contributed by atoms with Crippen molar-refractivity contribution < 1.29 is 14.3 Å². The van der Waals surface area contributed by atoms with Gasteiger partial charge in [0.2, 0.25) is 0 Å². The molecule has 1 aliphatic carbocycles. The van der Waals surface area contributed by atoms with E-state index in [2.05, 4.69) is 0 Å². The number of carbonyl (C=O) groups is 1. The van der Waals surface area contributed by atoms with Crippen LogP contribution in [0.15, 0.2) is 18.2 Å². The average Bonchev–Trinajstić information content (AvgIpc) is 2.57. The van der Waals surface area contributed by atoms with Crippen molar-refractivity contribution in [3.63, 3.8) is 0 Å². The van der Waals surface area contributed by atoms with Gasteiger partial charge in [-0.1, -0.05) is 6.07 Å². The molecule has 0 saturated heterocycles. The average molecular weight is 208 g/mol. The van der Waals surface area contributed by atoms with Crippen molar-refractivity contribution in [1.29, 1.82) is 0 Å². The van der Waals surface area contributed by atoms with Crippen LogP contribution in [0.4, 0.5) is 4.39 Å². The Hall–Kier alpha value is -1.38. The van der Waals surface area contributed by atoms with E-state index in [9.17, 15) is 9.18 Å². The highest BCUT2D eigenvalue weighted by molar-refractivity contribution is 5.66. The fraction of sp³-hybridized carbons (Fsp3) is 0.417. The predicted molar refractivity (Wildman–Crippen MR) is 54.3 cm³/mol.